The Labute approximate surface area is 105 Å². The van der Waals surface area contributed by atoms with Gasteiger partial charge in [-0.15, -0.1) is 0 Å². The van der Waals surface area contributed by atoms with E-state index in [9.17, 15) is 4.79 Å². The molecule has 1 heterocycles. The molecule has 1 aliphatic rings. The third-order valence-corrected chi connectivity index (χ3v) is 3.78. The SMILES string of the molecule is CCCN1C(=O)C(CCN)N(C)CCC1(C)C. The van der Waals surface area contributed by atoms with Crippen molar-refractivity contribution in [3.8, 4) is 0 Å². The molecule has 4 heteroatoms. The van der Waals surface area contributed by atoms with E-state index in [0.717, 1.165) is 32.4 Å². The molecule has 1 atom stereocenters. The molecule has 17 heavy (non-hydrogen) atoms. The molecule has 1 aliphatic heterocycles. The zero-order chi connectivity index (χ0) is 13.1. The summed E-state index contributed by atoms with van der Waals surface area (Å²) in [5.74, 6) is 0.252. The summed E-state index contributed by atoms with van der Waals surface area (Å²) in [7, 11) is 2.03. The number of carbonyl (C=O) groups excluding carboxylic acids is 1. The summed E-state index contributed by atoms with van der Waals surface area (Å²) in [6, 6.07) is -0.0340. The summed E-state index contributed by atoms with van der Waals surface area (Å²) in [6.07, 6.45) is 2.79. The summed E-state index contributed by atoms with van der Waals surface area (Å²) in [5.41, 5.74) is 5.59. The largest absolute Gasteiger partial charge is 0.336 e. The molecule has 1 saturated heterocycles. The van der Waals surface area contributed by atoms with Gasteiger partial charge >= 0.3 is 0 Å². The predicted molar refractivity (Wildman–Crippen MR) is 70.8 cm³/mol. The van der Waals surface area contributed by atoms with Gasteiger partial charge in [0.25, 0.3) is 0 Å². The van der Waals surface area contributed by atoms with Crippen LogP contribution in [0.2, 0.25) is 0 Å². The maximum Gasteiger partial charge on any atom is 0.240 e. The first-order valence-electron chi connectivity index (χ1n) is 6.66. The maximum absolute atomic E-state index is 12.6. The third-order valence-electron chi connectivity index (χ3n) is 3.78. The van der Waals surface area contributed by atoms with Gasteiger partial charge in [0.2, 0.25) is 5.91 Å². The first kappa shape index (κ1) is 14.5. The number of hydrogen-bond donors (Lipinski definition) is 1. The van der Waals surface area contributed by atoms with Gasteiger partial charge < -0.3 is 10.6 Å². The quantitative estimate of drug-likeness (QED) is 0.800. The minimum atomic E-state index is -0.0370. The Hall–Kier alpha value is -0.610. The molecular weight excluding hydrogens is 214 g/mol. The summed E-state index contributed by atoms with van der Waals surface area (Å²) in [4.78, 5) is 16.8. The molecule has 4 nitrogen and oxygen atoms in total. The Balaban J connectivity index is 2.93. The van der Waals surface area contributed by atoms with Crippen LogP contribution in [0.5, 0.6) is 0 Å². The van der Waals surface area contributed by atoms with E-state index in [1.807, 2.05) is 7.05 Å². The van der Waals surface area contributed by atoms with Crippen LogP contribution in [-0.2, 0) is 4.79 Å². The van der Waals surface area contributed by atoms with Crippen molar-refractivity contribution in [2.24, 2.45) is 5.73 Å². The fourth-order valence-electron chi connectivity index (χ4n) is 2.55. The molecule has 100 valence electrons. The molecule has 0 bridgehead atoms. The van der Waals surface area contributed by atoms with Gasteiger partial charge in [-0.2, -0.15) is 0 Å². The Kier molecular flexibility index (Phi) is 4.95. The van der Waals surface area contributed by atoms with Crippen LogP contribution in [-0.4, -0.2) is 54.0 Å². The van der Waals surface area contributed by atoms with Gasteiger partial charge in [0.15, 0.2) is 0 Å². The van der Waals surface area contributed by atoms with Gasteiger partial charge in [-0.05, 0) is 46.7 Å². The van der Waals surface area contributed by atoms with Crippen molar-refractivity contribution in [2.45, 2.75) is 51.6 Å². The summed E-state index contributed by atoms with van der Waals surface area (Å²) in [6.45, 7) is 8.83. The lowest BCUT2D eigenvalue weighted by atomic mass is 9.98. The van der Waals surface area contributed by atoms with Gasteiger partial charge in [-0.3, -0.25) is 9.69 Å². The molecule has 0 aromatic heterocycles. The van der Waals surface area contributed by atoms with Crippen LogP contribution in [0.15, 0.2) is 0 Å². The Morgan fingerprint density at radius 2 is 2.12 bits per heavy atom. The standard InChI is InChI=1S/C13H27N3O/c1-5-9-16-12(17)11(6-8-14)15(4)10-7-13(16,2)3/h11H,5-10,14H2,1-4H3. The second kappa shape index (κ2) is 5.83. The third kappa shape index (κ3) is 3.19. The molecule has 2 N–H and O–H groups in total. The number of nitrogens with two attached hydrogens (primary N) is 1. The smallest absolute Gasteiger partial charge is 0.240 e. The van der Waals surface area contributed by atoms with Gasteiger partial charge in [0.05, 0.1) is 6.04 Å². The summed E-state index contributed by atoms with van der Waals surface area (Å²) in [5, 5.41) is 0. The van der Waals surface area contributed by atoms with Crippen molar-refractivity contribution in [1.82, 2.24) is 9.80 Å². The highest BCUT2D eigenvalue weighted by Crippen LogP contribution is 2.26. The molecule has 0 aromatic rings. The zero-order valence-corrected chi connectivity index (χ0v) is 11.7. The van der Waals surface area contributed by atoms with E-state index < -0.39 is 0 Å². The average molecular weight is 241 g/mol. The number of rotatable bonds is 4. The first-order chi connectivity index (χ1) is 7.94. The fraction of sp³-hybridized carbons (Fsp3) is 0.923. The highest BCUT2D eigenvalue weighted by Gasteiger charge is 2.38. The lowest BCUT2D eigenvalue weighted by Gasteiger charge is -2.38. The first-order valence-corrected chi connectivity index (χ1v) is 6.66. The van der Waals surface area contributed by atoms with Crippen molar-refractivity contribution in [1.29, 1.82) is 0 Å². The zero-order valence-electron chi connectivity index (χ0n) is 11.7. The highest BCUT2D eigenvalue weighted by molar-refractivity contribution is 5.83. The van der Waals surface area contributed by atoms with Gasteiger partial charge in [0.1, 0.15) is 0 Å². The molecule has 1 amide bonds. The lowest BCUT2D eigenvalue weighted by Crippen LogP contribution is -2.51. The van der Waals surface area contributed by atoms with E-state index in [-0.39, 0.29) is 17.5 Å². The molecule has 0 radical (unpaired) electrons. The Morgan fingerprint density at radius 1 is 1.47 bits per heavy atom. The van der Waals surface area contributed by atoms with Crippen LogP contribution >= 0.6 is 0 Å². The van der Waals surface area contributed by atoms with Crippen molar-refractivity contribution in [3.63, 3.8) is 0 Å². The topological polar surface area (TPSA) is 49.6 Å². The molecule has 0 saturated carbocycles. The summed E-state index contributed by atoms with van der Waals surface area (Å²) >= 11 is 0. The monoisotopic (exact) mass is 241 g/mol. The van der Waals surface area contributed by atoms with E-state index in [1.165, 1.54) is 0 Å². The van der Waals surface area contributed by atoms with Crippen molar-refractivity contribution < 1.29 is 4.79 Å². The number of hydrogen-bond acceptors (Lipinski definition) is 3. The van der Waals surface area contributed by atoms with E-state index in [2.05, 4.69) is 30.6 Å². The maximum atomic E-state index is 12.6. The van der Waals surface area contributed by atoms with Crippen LogP contribution in [0.25, 0.3) is 0 Å². The number of carbonyl (C=O) groups is 1. The molecule has 0 aliphatic carbocycles. The van der Waals surface area contributed by atoms with Gasteiger partial charge in [0, 0.05) is 18.6 Å². The van der Waals surface area contributed by atoms with Crippen molar-refractivity contribution >= 4 is 5.91 Å². The van der Waals surface area contributed by atoms with Crippen molar-refractivity contribution in [2.75, 3.05) is 26.7 Å². The Morgan fingerprint density at radius 3 is 2.65 bits per heavy atom. The molecule has 1 unspecified atom stereocenters. The average Bonchev–Trinajstić information content (AvgIpc) is 2.34. The normalized spacial score (nSPS) is 26.1. The van der Waals surface area contributed by atoms with E-state index >= 15 is 0 Å². The van der Waals surface area contributed by atoms with Gasteiger partial charge in [-0.25, -0.2) is 0 Å². The van der Waals surface area contributed by atoms with E-state index in [4.69, 9.17) is 5.73 Å². The minimum Gasteiger partial charge on any atom is -0.336 e. The molecular formula is C13H27N3O. The van der Waals surface area contributed by atoms with Crippen LogP contribution in [0.1, 0.15) is 40.0 Å². The predicted octanol–water partition coefficient (Wildman–Crippen LogP) is 1.06. The lowest BCUT2D eigenvalue weighted by molar-refractivity contribution is -0.139. The number of likely N-dealkylation sites (N-methyl/N-ethyl adjacent to an activating group) is 1. The number of nitrogens with zero attached hydrogens (tertiary/aromatic N) is 2. The van der Waals surface area contributed by atoms with Crippen LogP contribution < -0.4 is 5.73 Å². The number of amides is 1. The van der Waals surface area contributed by atoms with Crippen molar-refractivity contribution in [3.05, 3.63) is 0 Å². The van der Waals surface area contributed by atoms with E-state index in [0.29, 0.717) is 6.54 Å². The molecule has 1 fully saturated rings. The van der Waals surface area contributed by atoms with E-state index in [1.54, 1.807) is 0 Å². The van der Waals surface area contributed by atoms with Gasteiger partial charge in [-0.1, -0.05) is 6.92 Å². The summed E-state index contributed by atoms with van der Waals surface area (Å²) < 4.78 is 0. The Bertz CT molecular complexity index is 265. The molecule has 0 spiro atoms. The van der Waals surface area contributed by atoms with Crippen LogP contribution in [0.3, 0.4) is 0 Å². The molecule has 0 aromatic carbocycles. The minimum absolute atomic E-state index is 0.0340. The highest BCUT2D eigenvalue weighted by atomic mass is 16.2. The fourth-order valence-corrected chi connectivity index (χ4v) is 2.55. The second-order valence-electron chi connectivity index (χ2n) is 5.63. The second-order valence-corrected chi connectivity index (χ2v) is 5.63. The van der Waals surface area contributed by atoms with Crippen LogP contribution in [0.4, 0.5) is 0 Å². The molecule has 1 rings (SSSR count). The van der Waals surface area contributed by atoms with Crippen LogP contribution in [0, 0.1) is 0 Å².